The molecule has 0 spiro atoms. The lowest BCUT2D eigenvalue weighted by molar-refractivity contribution is -0.140. The van der Waals surface area contributed by atoms with Crippen molar-refractivity contribution in [3.05, 3.63) is 64.6 Å². The minimum atomic E-state index is -1.11. The molecule has 0 aliphatic carbocycles. The van der Waals surface area contributed by atoms with Crippen LogP contribution >= 0.6 is 24.0 Å². The highest BCUT2D eigenvalue weighted by Gasteiger charge is 2.33. The van der Waals surface area contributed by atoms with Crippen LogP contribution in [-0.2, 0) is 16.2 Å². The van der Waals surface area contributed by atoms with E-state index in [-0.39, 0.29) is 4.32 Å². The number of benzene rings is 2. The zero-order valence-electron chi connectivity index (χ0n) is 15.0. The fourth-order valence-corrected chi connectivity index (χ4v) is 3.81. The summed E-state index contributed by atoms with van der Waals surface area (Å²) in [7, 11) is 1.54. The van der Waals surface area contributed by atoms with Gasteiger partial charge in [-0.2, -0.15) is 0 Å². The zero-order valence-corrected chi connectivity index (χ0v) is 16.6. The van der Waals surface area contributed by atoms with Crippen LogP contribution < -0.4 is 9.47 Å². The molecule has 0 bridgehead atoms. The number of methoxy groups -OCH3 is 1. The van der Waals surface area contributed by atoms with Crippen LogP contribution in [0.5, 0.6) is 11.5 Å². The molecule has 0 saturated carbocycles. The molecule has 2 aromatic rings. The Balaban J connectivity index is 1.76. The predicted molar refractivity (Wildman–Crippen MR) is 111 cm³/mol. The highest BCUT2D eigenvalue weighted by Crippen LogP contribution is 2.34. The van der Waals surface area contributed by atoms with E-state index in [1.54, 1.807) is 31.4 Å². The average molecular weight is 415 g/mol. The van der Waals surface area contributed by atoms with Gasteiger partial charge in [-0.25, -0.2) is 0 Å². The van der Waals surface area contributed by atoms with Crippen LogP contribution in [0.15, 0.2) is 53.4 Å². The molecule has 0 radical (unpaired) electrons. The van der Waals surface area contributed by atoms with Crippen molar-refractivity contribution in [1.29, 1.82) is 0 Å². The number of nitrogens with zero attached hydrogens (tertiary/aromatic N) is 1. The number of aliphatic carboxylic acids is 1. The fourth-order valence-electron chi connectivity index (χ4n) is 2.55. The number of ether oxygens (including phenoxy) is 2. The molecule has 0 unspecified atom stereocenters. The molecule has 2 aromatic carbocycles. The molecule has 1 heterocycles. The fraction of sp³-hybridized carbons (Fsp3) is 0.150. The Morgan fingerprint density at radius 3 is 2.64 bits per heavy atom. The number of hydrogen-bond donors (Lipinski definition) is 1. The zero-order chi connectivity index (χ0) is 20.1. The van der Waals surface area contributed by atoms with E-state index in [9.17, 15) is 9.59 Å². The molecule has 1 N–H and O–H groups in total. The van der Waals surface area contributed by atoms with Gasteiger partial charge >= 0.3 is 5.97 Å². The Kier molecular flexibility index (Phi) is 6.33. The minimum Gasteiger partial charge on any atom is -0.493 e. The van der Waals surface area contributed by atoms with Gasteiger partial charge in [0.15, 0.2) is 11.5 Å². The maximum Gasteiger partial charge on any atom is 0.323 e. The van der Waals surface area contributed by atoms with E-state index in [1.165, 1.54) is 0 Å². The van der Waals surface area contributed by atoms with E-state index >= 15 is 0 Å². The van der Waals surface area contributed by atoms with Gasteiger partial charge in [-0.15, -0.1) is 0 Å². The van der Waals surface area contributed by atoms with Gasteiger partial charge in [0.05, 0.1) is 12.0 Å². The van der Waals surface area contributed by atoms with Gasteiger partial charge in [-0.05, 0) is 29.3 Å². The number of amides is 1. The van der Waals surface area contributed by atoms with Crippen molar-refractivity contribution in [3.63, 3.8) is 0 Å². The highest BCUT2D eigenvalue weighted by molar-refractivity contribution is 8.26. The van der Waals surface area contributed by atoms with Crippen molar-refractivity contribution >= 4 is 46.3 Å². The number of carboxylic acids is 1. The first-order valence-corrected chi connectivity index (χ1v) is 9.52. The summed E-state index contributed by atoms with van der Waals surface area (Å²) in [5.41, 5.74) is 1.76. The van der Waals surface area contributed by atoms with E-state index in [0.717, 1.165) is 27.8 Å². The first kappa shape index (κ1) is 19.9. The lowest BCUT2D eigenvalue weighted by Gasteiger charge is -2.12. The topological polar surface area (TPSA) is 76.1 Å². The van der Waals surface area contributed by atoms with Gasteiger partial charge < -0.3 is 14.6 Å². The van der Waals surface area contributed by atoms with Crippen molar-refractivity contribution in [1.82, 2.24) is 4.90 Å². The molecule has 6 nitrogen and oxygen atoms in total. The predicted octanol–water partition coefficient (Wildman–Crippen LogP) is 3.56. The van der Waals surface area contributed by atoms with Gasteiger partial charge in [0.2, 0.25) is 0 Å². The number of thioether (sulfide) groups is 1. The van der Waals surface area contributed by atoms with Gasteiger partial charge in [-0.3, -0.25) is 14.5 Å². The van der Waals surface area contributed by atoms with Crippen molar-refractivity contribution in [3.8, 4) is 11.5 Å². The van der Waals surface area contributed by atoms with E-state index in [4.69, 9.17) is 26.8 Å². The molecule has 144 valence electrons. The van der Waals surface area contributed by atoms with E-state index in [1.807, 2.05) is 30.3 Å². The number of carbonyl (C=O) groups excluding carboxylic acids is 1. The maximum absolute atomic E-state index is 12.4. The van der Waals surface area contributed by atoms with Gasteiger partial charge in [-0.1, -0.05) is 60.4 Å². The third-order valence-corrected chi connectivity index (χ3v) is 5.27. The van der Waals surface area contributed by atoms with Crippen LogP contribution in [0.1, 0.15) is 11.1 Å². The van der Waals surface area contributed by atoms with Gasteiger partial charge in [0.25, 0.3) is 5.91 Å². The second kappa shape index (κ2) is 8.90. The number of rotatable bonds is 7. The molecule has 0 aromatic heterocycles. The standard InChI is InChI=1S/C20H17NO5S2/c1-25-16-9-14(7-8-15(16)26-12-13-5-3-2-4-6-13)10-17-19(24)21(11-18(22)23)20(27)28-17/h2-10H,11-12H2,1H3,(H,22,23)/b17-10-. The van der Waals surface area contributed by atoms with Crippen molar-refractivity contribution in [2.24, 2.45) is 0 Å². The molecular formula is C20H17NO5S2. The number of thiocarbonyl (C=S) groups is 1. The molecule has 0 atom stereocenters. The van der Waals surface area contributed by atoms with Crippen molar-refractivity contribution in [2.75, 3.05) is 13.7 Å². The quantitative estimate of drug-likeness (QED) is 0.547. The third kappa shape index (κ3) is 4.71. The van der Waals surface area contributed by atoms with E-state index < -0.39 is 18.4 Å². The summed E-state index contributed by atoms with van der Waals surface area (Å²) in [4.78, 5) is 24.7. The minimum absolute atomic E-state index is 0.230. The molecule has 1 aliphatic rings. The molecule has 1 saturated heterocycles. The summed E-state index contributed by atoms with van der Waals surface area (Å²) < 4.78 is 11.5. The van der Waals surface area contributed by atoms with Crippen LogP contribution in [0.4, 0.5) is 0 Å². The second-order valence-corrected chi connectivity index (χ2v) is 7.52. The second-order valence-electron chi connectivity index (χ2n) is 5.85. The van der Waals surface area contributed by atoms with Crippen LogP contribution in [-0.4, -0.2) is 39.9 Å². The van der Waals surface area contributed by atoms with Crippen LogP contribution in [0.3, 0.4) is 0 Å². The van der Waals surface area contributed by atoms with Crippen molar-refractivity contribution < 1.29 is 24.2 Å². The Morgan fingerprint density at radius 1 is 1.21 bits per heavy atom. The number of carboxylic acid groups (broad SMARTS) is 1. The Bertz CT molecular complexity index is 943. The van der Waals surface area contributed by atoms with Gasteiger partial charge in [0, 0.05) is 0 Å². The monoisotopic (exact) mass is 415 g/mol. The Labute approximate surface area is 171 Å². The third-order valence-electron chi connectivity index (χ3n) is 3.89. The summed E-state index contributed by atoms with van der Waals surface area (Å²) in [6, 6.07) is 15.1. The summed E-state index contributed by atoms with van der Waals surface area (Å²) in [5.74, 6) is -0.410. The lowest BCUT2D eigenvalue weighted by Crippen LogP contribution is -2.33. The smallest absolute Gasteiger partial charge is 0.323 e. The maximum atomic E-state index is 12.4. The summed E-state index contributed by atoms with van der Waals surface area (Å²) in [6.07, 6.45) is 1.66. The van der Waals surface area contributed by atoms with Gasteiger partial charge in [0.1, 0.15) is 17.5 Å². The molecule has 1 aliphatic heterocycles. The Morgan fingerprint density at radius 2 is 1.96 bits per heavy atom. The van der Waals surface area contributed by atoms with Crippen LogP contribution in [0.2, 0.25) is 0 Å². The summed E-state index contributed by atoms with van der Waals surface area (Å²) in [6.45, 7) is -0.0397. The molecule has 8 heteroatoms. The van der Waals surface area contributed by atoms with Crippen molar-refractivity contribution in [2.45, 2.75) is 6.61 Å². The largest absolute Gasteiger partial charge is 0.493 e. The number of carbonyl (C=O) groups is 2. The average Bonchev–Trinajstić information content (AvgIpc) is 2.94. The molecule has 1 fully saturated rings. The number of hydrogen-bond acceptors (Lipinski definition) is 6. The molecule has 28 heavy (non-hydrogen) atoms. The Hall–Kier alpha value is -2.84. The normalized spacial score (nSPS) is 15.2. The van der Waals surface area contributed by atoms with Crippen LogP contribution in [0.25, 0.3) is 6.08 Å². The molecule has 1 amide bonds. The van der Waals surface area contributed by atoms with E-state index in [2.05, 4.69) is 0 Å². The highest BCUT2D eigenvalue weighted by atomic mass is 32.2. The SMILES string of the molecule is COc1cc(/C=C2\SC(=S)N(CC(=O)O)C2=O)ccc1OCc1ccccc1. The summed E-state index contributed by atoms with van der Waals surface area (Å²) >= 11 is 6.18. The first-order chi connectivity index (χ1) is 13.5. The lowest BCUT2D eigenvalue weighted by atomic mass is 10.1. The first-order valence-electron chi connectivity index (χ1n) is 8.30. The molecular weight excluding hydrogens is 398 g/mol. The van der Waals surface area contributed by atoms with Crippen LogP contribution in [0, 0.1) is 0 Å². The van der Waals surface area contributed by atoms with E-state index in [0.29, 0.717) is 23.0 Å². The molecule has 3 rings (SSSR count). The summed E-state index contributed by atoms with van der Waals surface area (Å²) in [5, 5.41) is 8.90.